The van der Waals surface area contributed by atoms with Crippen LogP contribution in [-0.4, -0.2) is 24.7 Å². The first-order valence-electron chi connectivity index (χ1n) is 11.1. The maximum absolute atomic E-state index is 12.9. The summed E-state index contributed by atoms with van der Waals surface area (Å²) in [5.41, 5.74) is 11.2. The fourth-order valence-corrected chi connectivity index (χ4v) is 4.69. The highest BCUT2D eigenvalue weighted by Gasteiger charge is 2.19. The highest BCUT2D eigenvalue weighted by atomic mass is 32.2. The van der Waals surface area contributed by atoms with E-state index < -0.39 is 0 Å². The van der Waals surface area contributed by atoms with Gasteiger partial charge < -0.3 is 16.4 Å². The van der Waals surface area contributed by atoms with Crippen molar-refractivity contribution in [1.82, 2.24) is 5.32 Å². The highest BCUT2D eigenvalue weighted by molar-refractivity contribution is 7.97. The van der Waals surface area contributed by atoms with Crippen molar-refractivity contribution >= 4 is 34.9 Å². The minimum Gasteiger partial charge on any atom is -0.398 e. The van der Waals surface area contributed by atoms with E-state index in [0.717, 1.165) is 53.9 Å². The van der Waals surface area contributed by atoms with E-state index in [9.17, 15) is 4.79 Å². The summed E-state index contributed by atoms with van der Waals surface area (Å²) in [7, 11) is 0. The van der Waals surface area contributed by atoms with Gasteiger partial charge in [-0.25, -0.2) is 0 Å². The number of rotatable bonds is 7. The molecule has 7 heteroatoms. The first-order chi connectivity index (χ1) is 16.0. The van der Waals surface area contributed by atoms with Crippen molar-refractivity contribution in [3.63, 3.8) is 0 Å². The molecule has 1 fully saturated rings. The molecule has 1 heterocycles. The number of benzene rings is 3. The molecule has 1 saturated heterocycles. The van der Waals surface area contributed by atoms with Gasteiger partial charge in [-0.1, -0.05) is 36.4 Å². The number of piperidine rings is 1. The molecule has 0 spiro atoms. The van der Waals surface area contributed by atoms with E-state index in [1.54, 1.807) is 18.2 Å². The van der Waals surface area contributed by atoms with Crippen molar-refractivity contribution in [3.05, 3.63) is 89.0 Å². The summed E-state index contributed by atoms with van der Waals surface area (Å²) < 4.78 is 0. The van der Waals surface area contributed by atoms with Crippen molar-refractivity contribution in [3.8, 4) is 0 Å². The molecule has 0 radical (unpaired) electrons. The Morgan fingerprint density at radius 3 is 2.64 bits per heavy atom. The zero-order valence-corrected chi connectivity index (χ0v) is 19.3. The van der Waals surface area contributed by atoms with Crippen LogP contribution in [0.15, 0.2) is 71.6 Å². The van der Waals surface area contributed by atoms with Crippen molar-refractivity contribution in [2.24, 2.45) is 5.14 Å². The molecule has 7 N–H and O–H groups in total. The molecule has 33 heavy (non-hydrogen) atoms. The first-order valence-corrected chi connectivity index (χ1v) is 12.0. The molecule has 0 unspecified atom stereocenters. The van der Waals surface area contributed by atoms with Gasteiger partial charge in [0.2, 0.25) is 5.91 Å². The van der Waals surface area contributed by atoms with Gasteiger partial charge >= 0.3 is 0 Å². The van der Waals surface area contributed by atoms with Crippen LogP contribution in [0, 0.1) is 5.41 Å². The maximum Gasteiger partial charge on any atom is 0.228 e. The second-order valence-corrected chi connectivity index (χ2v) is 8.98. The Balaban J connectivity index is 1.50. The van der Waals surface area contributed by atoms with Gasteiger partial charge in [0.1, 0.15) is 0 Å². The molecule has 3 aromatic rings. The van der Waals surface area contributed by atoms with E-state index in [1.807, 2.05) is 36.4 Å². The van der Waals surface area contributed by atoms with Crippen LogP contribution < -0.4 is 21.5 Å². The molecule has 4 rings (SSSR count). The average Bonchev–Trinajstić information content (AvgIpc) is 2.85. The average molecular weight is 460 g/mol. The number of amides is 1. The molecule has 170 valence electrons. The monoisotopic (exact) mass is 459 g/mol. The molecule has 1 amide bonds. The lowest BCUT2D eigenvalue weighted by atomic mass is 9.86. The lowest BCUT2D eigenvalue weighted by molar-refractivity contribution is -0.115. The predicted molar refractivity (Wildman–Crippen MR) is 137 cm³/mol. The number of carbonyl (C=O) groups is 1. The van der Waals surface area contributed by atoms with Crippen LogP contribution in [-0.2, 0) is 11.2 Å². The second kappa shape index (κ2) is 10.7. The van der Waals surface area contributed by atoms with Gasteiger partial charge in [-0.05, 0) is 85.3 Å². The minimum atomic E-state index is -0.0832. The molecule has 1 aliphatic rings. The van der Waals surface area contributed by atoms with E-state index in [2.05, 4.69) is 22.8 Å². The van der Waals surface area contributed by atoms with E-state index in [0.29, 0.717) is 29.3 Å². The van der Waals surface area contributed by atoms with E-state index in [-0.39, 0.29) is 11.6 Å². The van der Waals surface area contributed by atoms with Crippen molar-refractivity contribution in [2.75, 3.05) is 24.1 Å². The van der Waals surface area contributed by atoms with Crippen LogP contribution in [0.25, 0.3) is 0 Å². The third kappa shape index (κ3) is 5.63. The molecule has 0 aromatic heterocycles. The molecule has 0 saturated carbocycles. The summed E-state index contributed by atoms with van der Waals surface area (Å²) in [6, 6.07) is 21.0. The largest absolute Gasteiger partial charge is 0.398 e. The Bertz CT molecular complexity index is 1160. The van der Waals surface area contributed by atoms with Gasteiger partial charge in [-0.2, -0.15) is 0 Å². The predicted octanol–water partition coefficient (Wildman–Crippen LogP) is 4.30. The Kier molecular flexibility index (Phi) is 7.44. The minimum absolute atomic E-state index is 0.0832. The number of carbonyl (C=O) groups excluding carboxylic acids is 1. The lowest BCUT2D eigenvalue weighted by Crippen LogP contribution is -2.27. The van der Waals surface area contributed by atoms with Gasteiger partial charge in [-0.15, -0.1) is 0 Å². The molecular weight excluding hydrogens is 430 g/mol. The molecule has 0 bridgehead atoms. The Labute approximate surface area is 198 Å². The van der Waals surface area contributed by atoms with Gasteiger partial charge in [0, 0.05) is 27.4 Å². The van der Waals surface area contributed by atoms with Crippen LogP contribution >= 0.6 is 11.9 Å². The van der Waals surface area contributed by atoms with Crippen LogP contribution in [0.2, 0.25) is 0 Å². The van der Waals surface area contributed by atoms with E-state index in [1.165, 1.54) is 5.56 Å². The number of nitrogen functional groups attached to an aromatic ring is 1. The van der Waals surface area contributed by atoms with E-state index in [4.69, 9.17) is 16.3 Å². The normalized spacial score (nSPS) is 14.1. The van der Waals surface area contributed by atoms with Crippen LogP contribution in [0.4, 0.5) is 11.4 Å². The highest BCUT2D eigenvalue weighted by Crippen LogP contribution is 2.29. The fourth-order valence-electron chi connectivity index (χ4n) is 4.34. The first kappa shape index (κ1) is 23.0. The Morgan fingerprint density at radius 2 is 1.85 bits per heavy atom. The zero-order valence-electron chi connectivity index (χ0n) is 18.4. The van der Waals surface area contributed by atoms with Gasteiger partial charge in [0.05, 0.1) is 12.1 Å². The summed E-state index contributed by atoms with van der Waals surface area (Å²) in [5, 5.41) is 20.7. The molecular formula is C26H29N5OS. The maximum atomic E-state index is 12.9. The number of anilines is 2. The van der Waals surface area contributed by atoms with Crippen molar-refractivity contribution in [2.45, 2.75) is 30.1 Å². The SMILES string of the molecule is N=C(c1cccc(SN)c1)c1cc(NC(=O)Cc2ccccc2C2CCNCC2)ccc1N. The standard InChI is InChI=1S/C26H29N5OS/c27-24-9-8-20(16-23(24)26(28)19-5-3-6-21(14-19)33-29)31-25(32)15-18-4-1-2-7-22(18)17-10-12-30-13-11-17/h1-9,14,16-17,28,30H,10-13,15,27,29H2,(H,31,32). The number of nitrogens with one attached hydrogen (secondary N) is 3. The third-order valence-corrected chi connectivity index (χ3v) is 6.58. The summed E-state index contributed by atoms with van der Waals surface area (Å²) in [6.45, 7) is 2.02. The number of hydrogen-bond donors (Lipinski definition) is 5. The number of hydrogen-bond acceptors (Lipinski definition) is 6. The van der Waals surface area contributed by atoms with Crippen molar-refractivity contribution in [1.29, 1.82) is 5.41 Å². The van der Waals surface area contributed by atoms with Crippen LogP contribution in [0.3, 0.4) is 0 Å². The summed E-state index contributed by atoms with van der Waals surface area (Å²) in [6.07, 6.45) is 2.49. The molecule has 1 aliphatic heterocycles. The Hall–Kier alpha value is -3.13. The second-order valence-electron chi connectivity index (χ2n) is 8.27. The smallest absolute Gasteiger partial charge is 0.228 e. The summed E-state index contributed by atoms with van der Waals surface area (Å²) >= 11 is 1.14. The van der Waals surface area contributed by atoms with Gasteiger partial charge in [-0.3, -0.25) is 15.3 Å². The van der Waals surface area contributed by atoms with Crippen LogP contribution in [0.1, 0.15) is 41.0 Å². The lowest BCUT2D eigenvalue weighted by Gasteiger charge is -2.25. The molecule has 0 aliphatic carbocycles. The molecule has 3 aromatic carbocycles. The zero-order chi connectivity index (χ0) is 23.2. The Morgan fingerprint density at radius 1 is 1.06 bits per heavy atom. The van der Waals surface area contributed by atoms with Gasteiger partial charge in [0.25, 0.3) is 0 Å². The topological polar surface area (TPSA) is 117 Å². The van der Waals surface area contributed by atoms with Crippen LogP contribution in [0.5, 0.6) is 0 Å². The van der Waals surface area contributed by atoms with Gasteiger partial charge in [0.15, 0.2) is 0 Å². The van der Waals surface area contributed by atoms with E-state index >= 15 is 0 Å². The molecule has 6 nitrogen and oxygen atoms in total. The fraction of sp³-hybridized carbons (Fsp3) is 0.231. The third-order valence-electron chi connectivity index (χ3n) is 6.05. The summed E-state index contributed by atoms with van der Waals surface area (Å²) in [5.74, 6) is 0.404. The van der Waals surface area contributed by atoms with Crippen molar-refractivity contribution < 1.29 is 4.79 Å². The quantitative estimate of drug-likeness (QED) is 0.205. The molecule has 0 atom stereocenters. The summed E-state index contributed by atoms with van der Waals surface area (Å²) in [4.78, 5) is 13.8. The number of nitrogens with two attached hydrogens (primary N) is 2.